The first kappa shape index (κ1) is 17.3. The molecule has 2 aliphatic carbocycles. The predicted molar refractivity (Wildman–Crippen MR) is 82.3 cm³/mol. The van der Waals surface area contributed by atoms with Crippen LogP contribution < -0.4 is 0 Å². The molecule has 0 radical (unpaired) electrons. The molecule has 2 unspecified atom stereocenters. The Hall–Kier alpha value is -1.03. The lowest BCUT2D eigenvalue weighted by molar-refractivity contribution is -0.190. The lowest BCUT2D eigenvalue weighted by Crippen LogP contribution is -2.30. The molecule has 0 aromatic carbocycles. The van der Waals surface area contributed by atoms with E-state index >= 15 is 0 Å². The first-order valence-electron chi connectivity index (χ1n) is 8.16. The van der Waals surface area contributed by atoms with E-state index in [0.717, 1.165) is 12.8 Å². The molecule has 0 saturated heterocycles. The fraction of sp³-hybridized carbons (Fsp3) is 0.667. The van der Waals surface area contributed by atoms with E-state index in [1.807, 2.05) is 12.2 Å². The van der Waals surface area contributed by atoms with Gasteiger partial charge in [-0.05, 0) is 24.3 Å². The molecule has 124 valence electrons. The highest BCUT2D eigenvalue weighted by atomic mass is 19.4. The van der Waals surface area contributed by atoms with Crippen LogP contribution in [0.4, 0.5) is 13.2 Å². The minimum absolute atomic E-state index is 0.0849. The number of alkyl halides is 3. The second-order valence-corrected chi connectivity index (χ2v) is 6.71. The number of halogens is 3. The van der Waals surface area contributed by atoms with Crippen molar-refractivity contribution in [2.45, 2.75) is 64.1 Å². The Kier molecular flexibility index (Phi) is 5.54. The highest BCUT2D eigenvalue weighted by Gasteiger charge is 2.40. The van der Waals surface area contributed by atoms with Crippen molar-refractivity contribution >= 4 is 0 Å². The average molecular weight is 314 g/mol. The van der Waals surface area contributed by atoms with Crippen molar-refractivity contribution in [3.63, 3.8) is 0 Å². The van der Waals surface area contributed by atoms with Crippen molar-refractivity contribution in [1.29, 1.82) is 0 Å². The number of hydrogen-bond acceptors (Lipinski definition) is 1. The van der Waals surface area contributed by atoms with Crippen molar-refractivity contribution in [3.05, 3.63) is 36.0 Å². The zero-order chi connectivity index (χ0) is 16.2. The Morgan fingerprint density at radius 1 is 1.09 bits per heavy atom. The molecule has 0 aliphatic heterocycles. The minimum atomic E-state index is -4.62. The van der Waals surface area contributed by atoms with Crippen LogP contribution in [0.1, 0.15) is 51.9 Å². The Labute approximate surface area is 130 Å². The summed E-state index contributed by atoms with van der Waals surface area (Å²) in [5, 5.41) is 9.42. The SMILES string of the molecule is CC1(C2CCCCCCC2)C=CC=C(C(O)C(F)(F)F)C=C1. The fourth-order valence-corrected chi connectivity index (χ4v) is 3.48. The zero-order valence-corrected chi connectivity index (χ0v) is 13.1. The van der Waals surface area contributed by atoms with Gasteiger partial charge < -0.3 is 5.11 Å². The van der Waals surface area contributed by atoms with Gasteiger partial charge in [-0.25, -0.2) is 0 Å². The number of aliphatic hydroxyl groups excluding tert-OH is 1. The van der Waals surface area contributed by atoms with Gasteiger partial charge in [0.05, 0.1) is 0 Å². The summed E-state index contributed by atoms with van der Waals surface area (Å²) in [7, 11) is 0. The van der Waals surface area contributed by atoms with Gasteiger partial charge in [0.1, 0.15) is 0 Å². The van der Waals surface area contributed by atoms with E-state index in [1.54, 1.807) is 6.08 Å². The molecule has 2 aliphatic rings. The fourth-order valence-electron chi connectivity index (χ4n) is 3.48. The van der Waals surface area contributed by atoms with Crippen molar-refractivity contribution in [3.8, 4) is 0 Å². The van der Waals surface area contributed by atoms with E-state index in [0.29, 0.717) is 5.92 Å². The van der Waals surface area contributed by atoms with Crippen LogP contribution in [-0.4, -0.2) is 17.4 Å². The van der Waals surface area contributed by atoms with Gasteiger partial charge in [-0.3, -0.25) is 0 Å². The van der Waals surface area contributed by atoms with Gasteiger partial charge in [-0.2, -0.15) is 13.2 Å². The van der Waals surface area contributed by atoms with Crippen LogP contribution in [0.25, 0.3) is 0 Å². The van der Waals surface area contributed by atoms with Crippen molar-refractivity contribution in [2.24, 2.45) is 11.3 Å². The molecule has 1 fully saturated rings. The van der Waals surface area contributed by atoms with Crippen LogP contribution >= 0.6 is 0 Å². The Morgan fingerprint density at radius 2 is 1.68 bits per heavy atom. The summed E-state index contributed by atoms with van der Waals surface area (Å²) in [6, 6.07) is 0. The van der Waals surface area contributed by atoms with Crippen LogP contribution in [0.3, 0.4) is 0 Å². The third-order valence-electron chi connectivity index (χ3n) is 4.99. The molecule has 1 saturated carbocycles. The van der Waals surface area contributed by atoms with Gasteiger partial charge in [0, 0.05) is 5.41 Å². The topological polar surface area (TPSA) is 20.2 Å². The summed E-state index contributed by atoms with van der Waals surface area (Å²) in [6.07, 6.45) is 9.70. The van der Waals surface area contributed by atoms with E-state index < -0.39 is 12.3 Å². The van der Waals surface area contributed by atoms with Crippen molar-refractivity contribution < 1.29 is 18.3 Å². The molecule has 0 amide bonds. The molecule has 0 aromatic heterocycles. The largest absolute Gasteiger partial charge is 0.418 e. The summed E-state index contributed by atoms with van der Waals surface area (Å²) in [5.74, 6) is 0.455. The van der Waals surface area contributed by atoms with E-state index in [2.05, 4.69) is 6.92 Å². The third kappa shape index (κ3) is 4.25. The smallest absolute Gasteiger partial charge is 0.379 e. The highest BCUT2D eigenvalue weighted by molar-refractivity contribution is 5.35. The quantitative estimate of drug-likeness (QED) is 0.730. The van der Waals surface area contributed by atoms with E-state index in [-0.39, 0.29) is 11.0 Å². The maximum atomic E-state index is 12.7. The van der Waals surface area contributed by atoms with Gasteiger partial charge >= 0.3 is 6.18 Å². The molecular weight excluding hydrogens is 289 g/mol. The highest BCUT2D eigenvalue weighted by Crippen LogP contribution is 2.41. The summed E-state index contributed by atoms with van der Waals surface area (Å²) in [6.45, 7) is 2.09. The molecule has 0 aromatic rings. The third-order valence-corrected chi connectivity index (χ3v) is 4.99. The standard InChI is InChI=1S/C18H25F3O/c1-17(15-9-5-3-2-4-6-10-15)12-7-8-14(11-13-17)16(22)18(19,20)21/h7-8,11-13,15-16,22H,2-6,9-10H2,1H3. The molecule has 2 atom stereocenters. The first-order valence-corrected chi connectivity index (χ1v) is 8.16. The van der Waals surface area contributed by atoms with Gasteiger partial charge in [0.2, 0.25) is 0 Å². The van der Waals surface area contributed by atoms with Gasteiger partial charge in [-0.15, -0.1) is 0 Å². The molecule has 0 bridgehead atoms. The van der Waals surface area contributed by atoms with Crippen LogP contribution in [0.15, 0.2) is 36.0 Å². The molecular formula is C18H25F3O. The van der Waals surface area contributed by atoms with Gasteiger partial charge in [0.15, 0.2) is 6.10 Å². The monoisotopic (exact) mass is 314 g/mol. The van der Waals surface area contributed by atoms with Crippen LogP contribution in [0.5, 0.6) is 0 Å². The molecule has 2 rings (SSSR count). The Morgan fingerprint density at radius 3 is 2.27 bits per heavy atom. The predicted octanol–water partition coefficient (Wildman–Crippen LogP) is 5.33. The molecule has 22 heavy (non-hydrogen) atoms. The van der Waals surface area contributed by atoms with E-state index in [1.165, 1.54) is 44.3 Å². The Bertz CT molecular complexity index is 453. The lowest BCUT2D eigenvalue weighted by Gasteiger charge is -2.34. The molecule has 1 N–H and O–H groups in total. The number of hydrogen-bond donors (Lipinski definition) is 1. The van der Waals surface area contributed by atoms with E-state index in [4.69, 9.17) is 0 Å². The molecule has 0 heterocycles. The lowest BCUT2D eigenvalue weighted by atomic mass is 9.71. The van der Waals surface area contributed by atoms with E-state index in [9.17, 15) is 18.3 Å². The number of rotatable bonds is 2. The van der Waals surface area contributed by atoms with Gasteiger partial charge in [0.25, 0.3) is 0 Å². The first-order chi connectivity index (χ1) is 10.3. The molecule has 1 nitrogen and oxygen atoms in total. The minimum Gasteiger partial charge on any atom is -0.379 e. The Balaban J connectivity index is 2.14. The van der Waals surface area contributed by atoms with Crippen molar-refractivity contribution in [1.82, 2.24) is 0 Å². The maximum Gasteiger partial charge on any atom is 0.418 e. The second kappa shape index (κ2) is 7.03. The van der Waals surface area contributed by atoms with Crippen molar-refractivity contribution in [2.75, 3.05) is 0 Å². The maximum absolute atomic E-state index is 12.7. The zero-order valence-electron chi connectivity index (χ0n) is 13.1. The van der Waals surface area contributed by atoms with Crippen LogP contribution in [0.2, 0.25) is 0 Å². The molecule has 4 heteroatoms. The van der Waals surface area contributed by atoms with Gasteiger partial charge in [-0.1, -0.05) is 69.4 Å². The van der Waals surface area contributed by atoms with Crippen LogP contribution in [0, 0.1) is 11.3 Å². The van der Waals surface area contributed by atoms with Crippen LogP contribution in [-0.2, 0) is 0 Å². The number of aliphatic hydroxyl groups is 1. The second-order valence-electron chi connectivity index (χ2n) is 6.71. The summed E-state index contributed by atoms with van der Waals surface area (Å²) >= 11 is 0. The normalized spacial score (nSPS) is 29.4. The summed E-state index contributed by atoms with van der Waals surface area (Å²) < 4.78 is 38.0. The summed E-state index contributed by atoms with van der Waals surface area (Å²) in [4.78, 5) is 0. The summed E-state index contributed by atoms with van der Waals surface area (Å²) in [5.41, 5.74) is -0.320. The number of allylic oxidation sites excluding steroid dienone is 4. The average Bonchev–Trinajstić information content (AvgIpc) is 2.59. The molecule has 0 spiro atoms.